The van der Waals surface area contributed by atoms with Crippen LogP contribution in [0.3, 0.4) is 0 Å². The van der Waals surface area contributed by atoms with Gasteiger partial charge in [0.05, 0.1) is 7.11 Å². The number of nitrogens with one attached hydrogen (secondary N) is 1. The Labute approximate surface area is 166 Å². The maximum absolute atomic E-state index is 12.8. The molecule has 1 N–H and O–H groups in total. The molecule has 0 radical (unpaired) electrons. The number of hydrogen-bond donors (Lipinski definition) is 1. The maximum Gasteiger partial charge on any atom is 0.321 e. The van der Waals surface area contributed by atoms with Gasteiger partial charge in [-0.3, -0.25) is 4.79 Å². The Balaban J connectivity index is 1.68. The molecule has 0 bridgehead atoms. The van der Waals surface area contributed by atoms with Crippen molar-refractivity contribution in [3.05, 3.63) is 60.2 Å². The highest BCUT2D eigenvalue weighted by Crippen LogP contribution is 2.20. The molecule has 2 aromatic carbocycles. The Kier molecular flexibility index (Phi) is 6.53. The summed E-state index contributed by atoms with van der Waals surface area (Å²) < 4.78 is 5.14. The zero-order valence-corrected chi connectivity index (χ0v) is 16.4. The van der Waals surface area contributed by atoms with Crippen LogP contribution in [0, 0.1) is 0 Å². The van der Waals surface area contributed by atoms with E-state index in [0.717, 1.165) is 17.7 Å². The standard InChI is InChI=1S/C22H27N3O3/c1-3-19-16-24(22(27)23-18-9-11-20(28-2)12-10-18)14-13-21(26)25(19)15-17-7-5-4-6-8-17/h4-12,19H,3,13-16H2,1-2H3,(H,23,27)/t19-/m0/s1. The molecule has 1 aliphatic rings. The predicted octanol–water partition coefficient (Wildman–Crippen LogP) is 3.74. The van der Waals surface area contributed by atoms with Gasteiger partial charge in [-0.2, -0.15) is 0 Å². The van der Waals surface area contributed by atoms with E-state index >= 15 is 0 Å². The minimum atomic E-state index is -0.182. The number of urea groups is 1. The van der Waals surface area contributed by atoms with Crippen molar-refractivity contribution in [3.8, 4) is 5.75 Å². The highest BCUT2D eigenvalue weighted by molar-refractivity contribution is 5.90. The normalized spacial score (nSPS) is 17.2. The molecule has 6 nitrogen and oxygen atoms in total. The van der Waals surface area contributed by atoms with E-state index in [9.17, 15) is 9.59 Å². The van der Waals surface area contributed by atoms with Crippen LogP contribution in [-0.4, -0.2) is 48.0 Å². The van der Waals surface area contributed by atoms with E-state index in [0.29, 0.717) is 31.7 Å². The molecule has 0 unspecified atom stereocenters. The van der Waals surface area contributed by atoms with Crippen LogP contribution < -0.4 is 10.1 Å². The van der Waals surface area contributed by atoms with E-state index in [4.69, 9.17) is 4.74 Å². The lowest BCUT2D eigenvalue weighted by Gasteiger charge is -2.31. The molecule has 0 aromatic heterocycles. The van der Waals surface area contributed by atoms with E-state index in [2.05, 4.69) is 12.2 Å². The SMILES string of the molecule is CC[C@H]1CN(C(=O)Nc2ccc(OC)cc2)CCC(=O)N1Cc1ccccc1. The monoisotopic (exact) mass is 381 g/mol. The number of rotatable bonds is 5. The molecule has 6 heteroatoms. The average molecular weight is 381 g/mol. The first-order valence-corrected chi connectivity index (χ1v) is 9.64. The largest absolute Gasteiger partial charge is 0.497 e. The maximum atomic E-state index is 12.8. The second-order valence-corrected chi connectivity index (χ2v) is 6.92. The van der Waals surface area contributed by atoms with Gasteiger partial charge < -0.3 is 19.9 Å². The van der Waals surface area contributed by atoms with Crippen molar-refractivity contribution in [2.45, 2.75) is 32.4 Å². The number of nitrogens with zero attached hydrogens (tertiary/aromatic N) is 2. The van der Waals surface area contributed by atoms with Crippen LogP contribution in [0.15, 0.2) is 54.6 Å². The van der Waals surface area contributed by atoms with Crippen molar-refractivity contribution in [1.82, 2.24) is 9.80 Å². The lowest BCUT2D eigenvalue weighted by molar-refractivity contribution is -0.133. The van der Waals surface area contributed by atoms with Crippen LogP contribution in [0.4, 0.5) is 10.5 Å². The molecule has 1 saturated heterocycles. The highest BCUT2D eigenvalue weighted by Gasteiger charge is 2.30. The van der Waals surface area contributed by atoms with Gasteiger partial charge in [-0.25, -0.2) is 4.79 Å². The summed E-state index contributed by atoms with van der Waals surface area (Å²) in [5.74, 6) is 0.830. The topological polar surface area (TPSA) is 61.9 Å². The summed E-state index contributed by atoms with van der Waals surface area (Å²) in [5.41, 5.74) is 1.81. The first-order chi connectivity index (χ1) is 13.6. The fraction of sp³-hybridized carbons (Fsp3) is 0.364. The van der Waals surface area contributed by atoms with Crippen molar-refractivity contribution in [2.24, 2.45) is 0 Å². The molecule has 0 aliphatic carbocycles. The first kappa shape index (κ1) is 19.7. The second kappa shape index (κ2) is 9.26. The summed E-state index contributed by atoms with van der Waals surface area (Å²) in [6, 6.07) is 17.0. The molecular weight excluding hydrogens is 354 g/mol. The minimum absolute atomic E-state index is 0.00294. The van der Waals surface area contributed by atoms with Gasteiger partial charge in [0.25, 0.3) is 0 Å². The fourth-order valence-electron chi connectivity index (χ4n) is 3.43. The molecule has 3 rings (SSSR count). The van der Waals surface area contributed by atoms with Gasteiger partial charge in [-0.1, -0.05) is 37.3 Å². The summed E-state index contributed by atoms with van der Waals surface area (Å²) in [7, 11) is 1.61. The highest BCUT2D eigenvalue weighted by atomic mass is 16.5. The van der Waals surface area contributed by atoms with E-state index < -0.39 is 0 Å². The molecule has 0 saturated carbocycles. The molecule has 1 aliphatic heterocycles. The number of hydrogen-bond acceptors (Lipinski definition) is 3. The third-order valence-electron chi connectivity index (χ3n) is 5.08. The van der Waals surface area contributed by atoms with Crippen molar-refractivity contribution < 1.29 is 14.3 Å². The third kappa shape index (κ3) is 4.82. The van der Waals surface area contributed by atoms with Crippen LogP contribution >= 0.6 is 0 Å². The van der Waals surface area contributed by atoms with Crippen molar-refractivity contribution >= 4 is 17.6 Å². The van der Waals surface area contributed by atoms with Gasteiger partial charge in [-0.05, 0) is 36.2 Å². The summed E-state index contributed by atoms with van der Waals surface area (Å²) in [5, 5.41) is 2.92. The lowest BCUT2D eigenvalue weighted by Crippen LogP contribution is -2.44. The van der Waals surface area contributed by atoms with E-state index in [1.807, 2.05) is 35.2 Å². The smallest absolute Gasteiger partial charge is 0.321 e. The molecule has 1 atom stereocenters. The van der Waals surface area contributed by atoms with Crippen LogP contribution in [0.25, 0.3) is 0 Å². The number of carbonyl (C=O) groups is 2. The third-order valence-corrected chi connectivity index (χ3v) is 5.08. The van der Waals surface area contributed by atoms with Gasteiger partial charge in [0, 0.05) is 37.8 Å². The van der Waals surface area contributed by atoms with Crippen LogP contribution in [0.1, 0.15) is 25.3 Å². The Morgan fingerprint density at radius 1 is 1.14 bits per heavy atom. The first-order valence-electron chi connectivity index (χ1n) is 9.64. The quantitative estimate of drug-likeness (QED) is 0.858. The Bertz CT molecular complexity index is 792. The zero-order chi connectivity index (χ0) is 19.9. The van der Waals surface area contributed by atoms with Gasteiger partial charge in [0.1, 0.15) is 5.75 Å². The molecule has 0 spiro atoms. The number of methoxy groups -OCH3 is 1. The zero-order valence-electron chi connectivity index (χ0n) is 16.4. The van der Waals surface area contributed by atoms with Gasteiger partial charge >= 0.3 is 6.03 Å². The molecular formula is C22H27N3O3. The van der Waals surface area contributed by atoms with Crippen LogP contribution in [-0.2, 0) is 11.3 Å². The number of benzene rings is 2. The number of carbonyl (C=O) groups excluding carboxylic acids is 2. The van der Waals surface area contributed by atoms with Gasteiger partial charge in [0.15, 0.2) is 0 Å². The minimum Gasteiger partial charge on any atom is -0.497 e. The number of anilines is 1. The van der Waals surface area contributed by atoms with Gasteiger partial charge in [0.2, 0.25) is 5.91 Å². The molecule has 3 amide bonds. The Morgan fingerprint density at radius 3 is 2.50 bits per heavy atom. The summed E-state index contributed by atoms with van der Waals surface area (Å²) in [6.45, 7) is 3.58. The molecule has 1 fully saturated rings. The summed E-state index contributed by atoms with van der Waals surface area (Å²) in [6.07, 6.45) is 1.13. The van der Waals surface area contributed by atoms with Crippen molar-refractivity contribution in [1.29, 1.82) is 0 Å². The van der Waals surface area contributed by atoms with Crippen LogP contribution in [0.5, 0.6) is 5.75 Å². The number of amides is 3. The second-order valence-electron chi connectivity index (χ2n) is 6.92. The van der Waals surface area contributed by atoms with E-state index in [-0.39, 0.29) is 18.0 Å². The fourth-order valence-corrected chi connectivity index (χ4v) is 3.43. The van der Waals surface area contributed by atoms with E-state index in [1.165, 1.54) is 0 Å². The Hall–Kier alpha value is -3.02. The molecule has 148 valence electrons. The summed E-state index contributed by atoms with van der Waals surface area (Å²) in [4.78, 5) is 29.2. The molecule has 2 aromatic rings. The van der Waals surface area contributed by atoms with E-state index in [1.54, 1.807) is 36.3 Å². The average Bonchev–Trinajstić information content (AvgIpc) is 2.88. The number of ether oxygens (including phenoxy) is 1. The van der Waals surface area contributed by atoms with Crippen molar-refractivity contribution in [2.75, 3.05) is 25.5 Å². The lowest BCUT2D eigenvalue weighted by atomic mass is 10.1. The van der Waals surface area contributed by atoms with Crippen molar-refractivity contribution in [3.63, 3.8) is 0 Å². The predicted molar refractivity (Wildman–Crippen MR) is 109 cm³/mol. The van der Waals surface area contributed by atoms with Gasteiger partial charge in [-0.15, -0.1) is 0 Å². The molecule has 28 heavy (non-hydrogen) atoms. The van der Waals surface area contributed by atoms with Crippen LogP contribution in [0.2, 0.25) is 0 Å². The Morgan fingerprint density at radius 2 is 1.86 bits per heavy atom. The summed E-state index contributed by atoms with van der Waals surface area (Å²) >= 11 is 0. The molecule has 1 heterocycles.